The number of unbranched alkanes of at least 4 members (excludes halogenated alkanes) is 28. The third-order valence-electron chi connectivity index (χ3n) is 15.1. The molecule has 0 bridgehead atoms. The molecule has 1 aromatic rings. The molecule has 332 valence electrons. The molecule has 4 nitrogen and oxygen atoms in total. The number of ether oxygens (including phenoxy) is 2. The summed E-state index contributed by atoms with van der Waals surface area (Å²) in [5.74, 6) is 2.54. The molecule has 4 heteroatoms. The molecule has 4 rings (SSSR count). The Kier molecular flexibility index (Phi) is 24.8. The molecule has 0 N–H and O–H groups in total. The van der Waals surface area contributed by atoms with Crippen molar-refractivity contribution >= 4 is 11.9 Å². The fourth-order valence-corrected chi connectivity index (χ4v) is 11.4. The van der Waals surface area contributed by atoms with Crippen molar-refractivity contribution in [3.05, 3.63) is 29.3 Å². The smallest absolute Gasteiger partial charge is 0.311 e. The van der Waals surface area contributed by atoms with Gasteiger partial charge in [-0.15, -0.1) is 0 Å². The fraction of sp³-hybridized carbons (Fsp3) is 0.852. The van der Waals surface area contributed by atoms with Crippen molar-refractivity contribution in [1.29, 1.82) is 0 Å². The molecule has 58 heavy (non-hydrogen) atoms. The molecule has 5 atom stereocenters. The molecular weight excluding hydrogens is 713 g/mol. The molecule has 0 unspecified atom stereocenters. The normalized spacial score (nSPS) is 22.3. The van der Waals surface area contributed by atoms with Gasteiger partial charge in [0.1, 0.15) is 11.9 Å². The number of carbonyl (C=O) groups excluding carboxylic acids is 2. The molecule has 2 saturated carbocycles. The van der Waals surface area contributed by atoms with Gasteiger partial charge >= 0.3 is 11.9 Å². The third kappa shape index (κ3) is 17.6. The van der Waals surface area contributed by atoms with Gasteiger partial charge in [0, 0.05) is 18.3 Å². The first-order valence-corrected chi connectivity index (χ1v) is 26.0. The van der Waals surface area contributed by atoms with Crippen molar-refractivity contribution in [2.45, 2.75) is 277 Å². The van der Waals surface area contributed by atoms with Crippen LogP contribution in [0, 0.1) is 17.3 Å². The Morgan fingerprint density at radius 2 is 1.00 bits per heavy atom. The molecule has 0 saturated heterocycles. The Morgan fingerprint density at radius 1 is 0.552 bits per heavy atom. The predicted octanol–water partition coefficient (Wildman–Crippen LogP) is 16.9. The van der Waals surface area contributed by atoms with Crippen LogP contribution in [0.1, 0.15) is 275 Å². The first-order chi connectivity index (χ1) is 28.5. The zero-order chi connectivity index (χ0) is 41.1. The summed E-state index contributed by atoms with van der Waals surface area (Å²) >= 11 is 0. The lowest BCUT2D eigenvalue weighted by Gasteiger charge is -2.50. The zero-order valence-electron chi connectivity index (χ0n) is 38.5. The van der Waals surface area contributed by atoms with E-state index in [1.807, 2.05) is 0 Å². The minimum atomic E-state index is -0.0807. The van der Waals surface area contributed by atoms with Gasteiger partial charge in [0.2, 0.25) is 0 Å². The van der Waals surface area contributed by atoms with Crippen molar-refractivity contribution in [1.82, 2.24) is 0 Å². The van der Waals surface area contributed by atoms with Gasteiger partial charge in [-0.25, -0.2) is 0 Å². The summed E-state index contributed by atoms with van der Waals surface area (Å²) < 4.78 is 12.2. The highest BCUT2D eigenvalue weighted by atomic mass is 16.5. The maximum Gasteiger partial charge on any atom is 0.311 e. The van der Waals surface area contributed by atoms with E-state index in [1.54, 1.807) is 0 Å². The molecular formula is C54H92O4. The molecule has 0 amide bonds. The van der Waals surface area contributed by atoms with Crippen LogP contribution in [0.2, 0.25) is 0 Å². The highest BCUT2D eigenvalue weighted by Gasteiger charge is 2.56. The zero-order valence-corrected chi connectivity index (χ0v) is 38.5. The van der Waals surface area contributed by atoms with Crippen LogP contribution in [0.5, 0.6) is 5.75 Å². The van der Waals surface area contributed by atoms with Crippen molar-refractivity contribution in [2.24, 2.45) is 17.3 Å². The van der Waals surface area contributed by atoms with Crippen LogP contribution in [-0.4, -0.2) is 18.0 Å². The van der Waals surface area contributed by atoms with Gasteiger partial charge in [0.15, 0.2) is 0 Å². The lowest BCUT2D eigenvalue weighted by molar-refractivity contribution is -0.157. The SMILES string of the molecule is CCCCCCCCCCCCCCCCCC(=O)Oc1ccc2c(c1)CC[C@H]1[C@@H]2CC[C@]2(C)[C@@H](OC(=O)CCCCCCCCCCCCCCCCC)CC[C@H]12. The van der Waals surface area contributed by atoms with E-state index in [1.165, 1.54) is 191 Å². The maximum absolute atomic E-state index is 13.0. The van der Waals surface area contributed by atoms with Gasteiger partial charge in [-0.05, 0) is 92.4 Å². The average molecular weight is 805 g/mol. The number of hydrogen-bond acceptors (Lipinski definition) is 4. The largest absolute Gasteiger partial charge is 0.462 e. The van der Waals surface area contributed by atoms with Crippen LogP contribution < -0.4 is 4.74 Å². The summed E-state index contributed by atoms with van der Waals surface area (Å²) in [5.41, 5.74) is 2.96. The van der Waals surface area contributed by atoms with E-state index < -0.39 is 0 Å². The number of hydrogen-bond donors (Lipinski definition) is 0. The van der Waals surface area contributed by atoms with Crippen LogP contribution in [-0.2, 0) is 20.7 Å². The summed E-state index contributed by atoms with van der Waals surface area (Å²) in [4.78, 5) is 25.8. The molecule has 3 aliphatic rings. The van der Waals surface area contributed by atoms with Crippen molar-refractivity contribution in [3.63, 3.8) is 0 Å². The van der Waals surface area contributed by atoms with Crippen molar-refractivity contribution in [3.8, 4) is 5.75 Å². The fourth-order valence-electron chi connectivity index (χ4n) is 11.4. The van der Waals surface area contributed by atoms with Gasteiger partial charge in [0.25, 0.3) is 0 Å². The van der Waals surface area contributed by atoms with E-state index in [0.717, 1.165) is 57.1 Å². The Labute approximate surface area is 358 Å². The van der Waals surface area contributed by atoms with E-state index in [0.29, 0.717) is 30.6 Å². The van der Waals surface area contributed by atoms with Crippen LogP contribution in [0.3, 0.4) is 0 Å². The van der Waals surface area contributed by atoms with Gasteiger partial charge in [-0.3, -0.25) is 9.59 Å². The highest BCUT2D eigenvalue weighted by molar-refractivity contribution is 5.72. The van der Waals surface area contributed by atoms with Gasteiger partial charge in [-0.2, -0.15) is 0 Å². The van der Waals surface area contributed by atoms with Crippen molar-refractivity contribution < 1.29 is 19.1 Å². The third-order valence-corrected chi connectivity index (χ3v) is 15.1. The van der Waals surface area contributed by atoms with Crippen LogP contribution in [0.25, 0.3) is 0 Å². The number of fused-ring (bicyclic) bond motifs is 5. The summed E-state index contributed by atoms with van der Waals surface area (Å²) in [5, 5.41) is 0. The Morgan fingerprint density at radius 3 is 1.48 bits per heavy atom. The lowest BCUT2D eigenvalue weighted by Crippen LogP contribution is -2.45. The van der Waals surface area contributed by atoms with Crippen LogP contribution in [0.4, 0.5) is 0 Å². The Bertz CT molecular complexity index is 1240. The second kappa shape index (κ2) is 29.4. The van der Waals surface area contributed by atoms with E-state index in [4.69, 9.17) is 9.47 Å². The second-order valence-corrected chi connectivity index (χ2v) is 19.8. The van der Waals surface area contributed by atoms with E-state index >= 15 is 0 Å². The topological polar surface area (TPSA) is 52.6 Å². The van der Waals surface area contributed by atoms with Crippen LogP contribution in [0.15, 0.2) is 18.2 Å². The summed E-state index contributed by atoms with van der Waals surface area (Å²) in [7, 11) is 0. The number of esters is 2. The molecule has 2 fully saturated rings. The number of carbonyl (C=O) groups is 2. The molecule has 3 aliphatic carbocycles. The molecule has 1 aromatic carbocycles. The van der Waals surface area contributed by atoms with E-state index in [2.05, 4.69) is 39.0 Å². The highest BCUT2D eigenvalue weighted by Crippen LogP contribution is 2.61. The summed E-state index contributed by atoms with van der Waals surface area (Å²) in [6, 6.07) is 6.49. The maximum atomic E-state index is 13.0. The van der Waals surface area contributed by atoms with Crippen LogP contribution >= 0.6 is 0 Å². The number of rotatable bonds is 34. The number of aryl methyl sites for hydroxylation is 1. The van der Waals surface area contributed by atoms with E-state index in [-0.39, 0.29) is 23.5 Å². The quantitative estimate of drug-likeness (QED) is 0.0395. The second-order valence-electron chi connectivity index (χ2n) is 19.8. The first-order valence-electron chi connectivity index (χ1n) is 26.0. The van der Waals surface area contributed by atoms with E-state index in [9.17, 15) is 9.59 Å². The Hall–Kier alpha value is -1.84. The Balaban J connectivity index is 1.03. The molecule has 0 spiro atoms. The molecule has 0 aromatic heterocycles. The summed E-state index contributed by atoms with van der Waals surface area (Å²) in [6.45, 7) is 7.01. The standard InChI is InChI=1S/C54H92O4/c1-4-6-8-10-12-14-16-18-20-22-24-26-28-30-32-34-52(55)57-46-37-39-47-45(44-46)36-38-49-48(47)42-43-54(3)50(49)40-41-51(54)58-53(56)35-33-31-29-27-25-23-21-19-17-15-13-11-9-7-5-2/h37,39,44,48-51H,4-36,38,40-43H2,1-3H3/t48-,49+,50-,51+,54+/m1/s1. The molecule has 0 aliphatic heterocycles. The van der Waals surface area contributed by atoms with Gasteiger partial charge in [0.05, 0.1) is 0 Å². The minimum absolute atomic E-state index is 0.0411. The van der Waals surface area contributed by atoms with Gasteiger partial charge in [-0.1, -0.05) is 207 Å². The monoisotopic (exact) mass is 805 g/mol. The first kappa shape index (κ1) is 48.8. The molecule has 0 radical (unpaired) electrons. The summed E-state index contributed by atoms with van der Waals surface area (Å²) in [6.07, 6.45) is 48.0. The number of benzene rings is 1. The average Bonchev–Trinajstić information content (AvgIpc) is 3.55. The molecule has 0 heterocycles. The van der Waals surface area contributed by atoms with Gasteiger partial charge < -0.3 is 9.47 Å². The lowest BCUT2D eigenvalue weighted by atomic mass is 9.55. The van der Waals surface area contributed by atoms with Crippen molar-refractivity contribution in [2.75, 3.05) is 0 Å². The predicted molar refractivity (Wildman–Crippen MR) is 246 cm³/mol. The minimum Gasteiger partial charge on any atom is -0.462 e.